The van der Waals surface area contributed by atoms with Crippen molar-refractivity contribution >= 4 is 23.8 Å². The summed E-state index contributed by atoms with van der Waals surface area (Å²) < 4.78 is 15.4. The van der Waals surface area contributed by atoms with E-state index in [0.717, 1.165) is 11.8 Å². The molecule has 2 aromatic rings. The highest BCUT2D eigenvalue weighted by atomic mass is 32.2. The van der Waals surface area contributed by atoms with Gasteiger partial charge < -0.3 is 24.1 Å². The summed E-state index contributed by atoms with van der Waals surface area (Å²) >= 11 is 0.836. The Hall–Kier alpha value is -2.68. The molecule has 0 fully saturated rings. The van der Waals surface area contributed by atoms with E-state index in [-0.39, 0.29) is 27.4 Å². The molecule has 0 unspecified atom stereocenters. The fourth-order valence-electron chi connectivity index (χ4n) is 1.80. The number of hydrogen-bond acceptors (Lipinski definition) is 8. The Labute approximate surface area is 142 Å². The summed E-state index contributed by atoms with van der Waals surface area (Å²) in [5.41, 5.74) is 0.474. The van der Waals surface area contributed by atoms with Gasteiger partial charge in [0, 0.05) is 6.42 Å². The van der Waals surface area contributed by atoms with E-state index in [0.29, 0.717) is 17.9 Å². The van der Waals surface area contributed by atoms with Crippen LogP contribution >= 0.6 is 11.8 Å². The fraction of sp³-hybridized carbons (Fsp3) is 0.267. The number of aliphatic carboxylic acids is 1. The molecule has 1 aromatic carbocycles. The van der Waals surface area contributed by atoms with Gasteiger partial charge in [-0.15, -0.1) is 10.2 Å². The molecular weight excluding hydrogens is 336 g/mol. The van der Waals surface area contributed by atoms with Crippen LogP contribution in [0.5, 0.6) is 17.2 Å². The van der Waals surface area contributed by atoms with Gasteiger partial charge in [0.2, 0.25) is 11.6 Å². The maximum atomic E-state index is 11.5. The van der Waals surface area contributed by atoms with E-state index in [1.807, 2.05) is 6.92 Å². The lowest BCUT2D eigenvalue weighted by atomic mass is 10.1. The average molecular weight is 352 g/mol. The number of ether oxygens (including phenoxy) is 2. The Kier molecular flexibility index (Phi) is 5.69. The van der Waals surface area contributed by atoms with Crippen molar-refractivity contribution < 1.29 is 28.9 Å². The molecule has 0 atom stereocenters. The number of carboxylic acid groups (broad SMARTS) is 1. The maximum Gasteiger partial charge on any atom is 0.342 e. The molecule has 2 rings (SSSR count). The summed E-state index contributed by atoms with van der Waals surface area (Å²) in [6.45, 7) is 1.85. The van der Waals surface area contributed by atoms with E-state index in [9.17, 15) is 15.0 Å². The zero-order chi connectivity index (χ0) is 17.7. The zero-order valence-corrected chi connectivity index (χ0v) is 14.1. The molecule has 8 nitrogen and oxygen atoms in total. The molecule has 1 aromatic heterocycles. The number of hydrogen-bond donors (Lipinski definition) is 2. The lowest BCUT2D eigenvalue weighted by Crippen LogP contribution is -1.97. The Morgan fingerprint density at radius 1 is 1.29 bits per heavy atom. The molecule has 2 N–H and O–H groups in total. The van der Waals surface area contributed by atoms with Crippen molar-refractivity contribution in [2.24, 2.45) is 0 Å². The summed E-state index contributed by atoms with van der Waals surface area (Å²) in [6, 6.07) is 2.99. The fourth-order valence-corrected chi connectivity index (χ4v) is 2.49. The van der Waals surface area contributed by atoms with Crippen LogP contribution in [0.1, 0.15) is 18.4 Å². The van der Waals surface area contributed by atoms with E-state index >= 15 is 0 Å². The van der Waals surface area contributed by atoms with Gasteiger partial charge in [0.25, 0.3) is 5.22 Å². The first-order valence-electron chi connectivity index (χ1n) is 6.88. The second-order valence-corrected chi connectivity index (χ2v) is 5.50. The van der Waals surface area contributed by atoms with Gasteiger partial charge in [-0.3, -0.25) is 0 Å². The number of carbonyl (C=O) groups is 1. The smallest absolute Gasteiger partial charge is 0.342 e. The molecular formula is C15H16N2O6S. The number of phenols is 1. The molecule has 0 aliphatic heterocycles. The van der Waals surface area contributed by atoms with Gasteiger partial charge in [-0.2, -0.15) is 0 Å². The number of aryl methyl sites for hydroxylation is 1. The number of methoxy groups -OCH3 is 2. The largest absolute Gasteiger partial charge is 0.502 e. The van der Waals surface area contributed by atoms with Crippen molar-refractivity contribution in [3.8, 4) is 17.2 Å². The van der Waals surface area contributed by atoms with Crippen molar-refractivity contribution in [3.05, 3.63) is 28.5 Å². The van der Waals surface area contributed by atoms with E-state index in [1.54, 1.807) is 0 Å². The molecule has 24 heavy (non-hydrogen) atoms. The molecule has 0 saturated carbocycles. The standard InChI is InChI=1S/C15H16N2O6S/c1-4-12-16-17-15(23-12)24-11(14(19)20)7-8-5-9(21-2)13(18)10(6-8)22-3/h5-7,18H,4H2,1-3H3,(H,19,20)/b11-7+. The Morgan fingerprint density at radius 2 is 1.92 bits per heavy atom. The van der Waals surface area contributed by atoms with Gasteiger partial charge in [0.1, 0.15) is 4.91 Å². The second kappa shape index (κ2) is 7.73. The van der Waals surface area contributed by atoms with Crippen LogP contribution in [0.25, 0.3) is 6.08 Å². The lowest BCUT2D eigenvalue weighted by molar-refractivity contribution is -0.131. The number of carboxylic acids is 1. The molecule has 0 radical (unpaired) electrons. The minimum absolute atomic E-state index is 0.0314. The number of phenolic OH excluding ortho intramolecular Hbond substituents is 1. The summed E-state index contributed by atoms with van der Waals surface area (Å²) in [5.74, 6) is -0.550. The molecule has 0 aliphatic carbocycles. The normalized spacial score (nSPS) is 11.4. The van der Waals surface area contributed by atoms with Crippen LogP contribution in [0.3, 0.4) is 0 Å². The van der Waals surface area contributed by atoms with Crippen LogP contribution < -0.4 is 9.47 Å². The van der Waals surface area contributed by atoms with Gasteiger partial charge in [-0.25, -0.2) is 4.79 Å². The van der Waals surface area contributed by atoms with Crippen molar-refractivity contribution in [2.75, 3.05) is 14.2 Å². The SMILES string of the molecule is CCc1nnc(S/C(=C/c2cc(OC)c(O)c(OC)c2)C(=O)O)o1. The summed E-state index contributed by atoms with van der Waals surface area (Å²) in [4.78, 5) is 11.4. The van der Waals surface area contributed by atoms with Gasteiger partial charge >= 0.3 is 5.97 Å². The minimum Gasteiger partial charge on any atom is -0.502 e. The lowest BCUT2D eigenvalue weighted by Gasteiger charge is -2.09. The molecule has 9 heteroatoms. The van der Waals surface area contributed by atoms with Gasteiger partial charge in [-0.05, 0) is 35.5 Å². The van der Waals surface area contributed by atoms with Gasteiger partial charge in [0.15, 0.2) is 11.5 Å². The molecule has 0 amide bonds. The summed E-state index contributed by atoms with van der Waals surface area (Å²) in [6.07, 6.45) is 1.96. The van der Waals surface area contributed by atoms with Gasteiger partial charge in [-0.1, -0.05) is 6.92 Å². The zero-order valence-electron chi connectivity index (χ0n) is 13.3. The minimum atomic E-state index is -1.15. The van der Waals surface area contributed by atoms with Crippen LogP contribution in [0.2, 0.25) is 0 Å². The summed E-state index contributed by atoms with van der Waals surface area (Å²) in [7, 11) is 2.78. The van der Waals surface area contributed by atoms with E-state index in [1.165, 1.54) is 32.4 Å². The Balaban J connectivity index is 2.38. The molecule has 128 valence electrons. The van der Waals surface area contributed by atoms with Crippen LogP contribution in [0.15, 0.2) is 26.7 Å². The predicted octanol–water partition coefficient (Wildman–Crippen LogP) is 2.57. The number of thioether (sulfide) groups is 1. The topological polar surface area (TPSA) is 115 Å². The van der Waals surface area contributed by atoms with E-state index in [4.69, 9.17) is 13.9 Å². The maximum absolute atomic E-state index is 11.5. The Morgan fingerprint density at radius 3 is 2.38 bits per heavy atom. The highest BCUT2D eigenvalue weighted by molar-refractivity contribution is 8.03. The quantitative estimate of drug-likeness (QED) is 0.573. The first-order chi connectivity index (χ1) is 11.5. The molecule has 0 bridgehead atoms. The van der Waals surface area contributed by atoms with Crippen molar-refractivity contribution in [1.29, 1.82) is 0 Å². The highest BCUT2D eigenvalue weighted by Gasteiger charge is 2.16. The van der Waals surface area contributed by atoms with Crippen LogP contribution in [0.4, 0.5) is 0 Å². The highest BCUT2D eigenvalue weighted by Crippen LogP contribution is 2.38. The predicted molar refractivity (Wildman–Crippen MR) is 86.4 cm³/mol. The number of aromatic hydroxyl groups is 1. The van der Waals surface area contributed by atoms with E-state index < -0.39 is 5.97 Å². The second-order valence-electron chi connectivity index (χ2n) is 4.51. The first kappa shape index (κ1) is 17.7. The van der Waals surface area contributed by atoms with Crippen molar-refractivity contribution in [2.45, 2.75) is 18.6 Å². The van der Waals surface area contributed by atoms with Crippen LogP contribution in [-0.2, 0) is 11.2 Å². The van der Waals surface area contributed by atoms with Crippen LogP contribution in [-0.4, -0.2) is 40.6 Å². The molecule has 0 aliphatic rings. The first-order valence-corrected chi connectivity index (χ1v) is 7.70. The third kappa shape index (κ3) is 3.99. The molecule has 0 spiro atoms. The van der Waals surface area contributed by atoms with Crippen molar-refractivity contribution in [1.82, 2.24) is 10.2 Å². The van der Waals surface area contributed by atoms with Gasteiger partial charge in [0.05, 0.1) is 14.2 Å². The molecule has 0 saturated heterocycles. The third-order valence-corrected chi connectivity index (χ3v) is 3.81. The number of nitrogens with zero attached hydrogens (tertiary/aromatic N) is 2. The van der Waals surface area contributed by atoms with E-state index in [2.05, 4.69) is 10.2 Å². The van der Waals surface area contributed by atoms with Crippen LogP contribution in [0, 0.1) is 0 Å². The summed E-state index contributed by atoms with van der Waals surface area (Å²) in [5, 5.41) is 27.0. The number of rotatable bonds is 7. The van der Waals surface area contributed by atoms with Crippen molar-refractivity contribution in [3.63, 3.8) is 0 Å². The third-order valence-electron chi connectivity index (χ3n) is 2.96. The number of benzene rings is 1. The molecule has 1 heterocycles. The average Bonchev–Trinajstić information content (AvgIpc) is 3.03. The monoisotopic (exact) mass is 352 g/mol. The Bertz CT molecular complexity index is 746. The number of aromatic nitrogens is 2.